The molecular formula is C25H25FN8O2. The van der Waals surface area contributed by atoms with E-state index < -0.39 is 5.82 Å². The Labute approximate surface area is 207 Å². The number of nitrogens with zero attached hydrogens (tertiary/aromatic N) is 8. The Morgan fingerprint density at radius 2 is 2.06 bits per heavy atom. The molecule has 2 saturated heterocycles. The summed E-state index contributed by atoms with van der Waals surface area (Å²) >= 11 is 0. The van der Waals surface area contributed by atoms with E-state index in [1.165, 1.54) is 17.1 Å². The molecule has 3 atom stereocenters. The molecule has 2 aromatic heterocycles. The Morgan fingerprint density at radius 1 is 1.19 bits per heavy atom. The number of halogens is 1. The van der Waals surface area contributed by atoms with Crippen LogP contribution in [0.2, 0.25) is 0 Å². The summed E-state index contributed by atoms with van der Waals surface area (Å²) in [6.45, 7) is 12.2. The molecule has 0 spiro atoms. The molecule has 0 bridgehead atoms. The molecule has 2 aliphatic heterocycles. The zero-order valence-electron chi connectivity index (χ0n) is 19.8. The molecule has 11 heteroatoms. The summed E-state index contributed by atoms with van der Waals surface area (Å²) < 4.78 is 21.7. The fraction of sp³-hybridized carbons (Fsp3) is 0.440. The molecule has 0 N–H and O–H groups in total. The van der Waals surface area contributed by atoms with Gasteiger partial charge in [-0.15, -0.1) is 5.10 Å². The largest absolute Gasteiger partial charge is 0.371 e. The van der Waals surface area contributed by atoms with Gasteiger partial charge in [0.05, 0.1) is 31.2 Å². The summed E-state index contributed by atoms with van der Waals surface area (Å²) in [4.78, 5) is 25.9. The molecule has 1 amide bonds. The van der Waals surface area contributed by atoms with Gasteiger partial charge in [0, 0.05) is 31.9 Å². The number of fused-ring (bicyclic) bond motifs is 2. The third-order valence-electron chi connectivity index (χ3n) is 7.61. The predicted molar refractivity (Wildman–Crippen MR) is 126 cm³/mol. The topological polar surface area (TPSA) is 93.6 Å². The SMILES string of the molecule is [C-]#[N+]c1c(F)ccc([C@H]2CN3CCN(C(=O)C4CCc5nc(-n6cnnn6)ccc54)C[C@H]3CO2)c1C. The molecule has 6 rings (SSSR count). The molecule has 0 radical (unpaired) electrons. The molecule has 10 nitrogen and oxygen atoms in total. The highest BCUT2D eigenvalue weighted by Crippen LogP contribution is 2.36. The van der Waals surface area contributed by atoms with E-state index in [0.717, 1.165) is 36.2 Å². The molecule has 2 fully saturated rings. The van der Waals surface area contributed by atoms with E-state index in [0.29, 0.717) is 37.6 Å². The van der Waals surface area contributed by atoms with Crippen LogP contribution in [0.3, 0.4) is 0 Å². The predicted octanol–water partition coefficient (Wildman–Crippen LogP) is 2.37. The van der Waals surface area contributed by atoms with Gasteiger partial charge in [0.25, 0.3) is 0 Å². The Kier molecular flexibility index (Phi) is 5.70. The van der Waals surface area contributed by atoms with E-state index in [2.05, 4.69) is 30.3 Å². The third kappa shape index (κ3) is 3.83. The van der Waals surface area contributed by atoms with Crippen molar-refractivity contribution in [3.05, 3.63) is 70.2 Å². The minimum Gasteiger partial charge on any atom is -0.371 e. The summed E-state index contributed by atoms with van der Waals surface area (Å²) in [5.74, 6) is 0.105. The van der Waals surface area contributed by atoms with Crippen LogP contribution in [0.15, 0.2) is 30.6 Å². The monoisotopic (exact) mass is 488 g/mol. The van der Waals surface area contributed by atoms with Crippen molar-refractivity contribution in [1.29, 1.82) is 0 Å². The van der Waals surface area contributed by atoms with Crippen molar-refractivity contribution in [2.45, 2.75) is 37.8 Å². The van der Waals surface area contributed by atoms with Gasteiger partial charge in [-0.1, -0.05) is 12.1 Å². The molecule has 0 saturated carbocycles. The fourth-order valence-corrected chi connectivity index (χ4v) is 5.67. The first-order chi connectivity index (χ1) is 17.5. The van der Waals surface area contributed by atoms with E-state index in [4.69, 9.17) is 11.3 Å². The second kappa shape index (κ2) is 9.04. The highest BCUT2D eigenvalue weighted by molar-refractivity contribution is 5.85. The maximum absolute atomic E-state index is 14.0. The molecule has 36 heavy (non-hydrogen) atoms. The number of rotatable bonds is 3. The minimum absolute atomic E-state index is 0.0602. The third-order valence-corrected chi connectivity index (χ3v) is 7.61. The van der Waals surface area contributed by atoms with Crippen molar-refractivity contribution < 1.29 is 13.9 Å². The Morgan fingerprint density at radius 3 is 2.86 bits per heavy atom. The van der Waals surface area contributed by atoms with Crippen LogP contribution < -0.4 is 0 Å². The lowest BCUT2D eigenvalue weighted by molar-refractivity contribution is -0.141. The minimum atomic E-state index is -0.498. The number of benzene rings is 1. The van der Waals surface area contributed by atoms with E-state index in [-0.39, 0.29) is 29.7 Å². The second-order valence-corrected chi connectivity index (χ2v) is 9.53. The number of aryl methyl sites for hydroxylation is 1. The van der Waals surface area contributed by atoms with Crippen LogP contribution in [0.25, 0.3) is 10.7 Å². The van der Waals surface area contributed by atoms with Crippen LogP contribution in [0.4, 0.5) is 10.1 Å². The molecule has 184 valence electrons. The maximum atomic E-state index is 14.0. The Bertz CT molecular complexity index is 1350. The molecular weight excluding hydrogens is 463 g/mol. The van der Waals surface area contributed by atoms with Crippen LogP contribution in [-0.2, 0) is 16.0 Å². The average Bonchev–Trinajstić information content (AvgIpc) is 3.58. The van der Waals surface area contributed by atoms with Crippen molar-refractivity contribution in [3.8, 4) is 5.82 Å². The van der Waals surface area contributed by atoms with Crippen LogP contribution in [0.1, 0.15) is 40.8 Å². The number of hydrogen-bond acceptors (Lipinski definition) is 7. The first kappa shape index (κ1) is 22.7. The number of carbonyl (C=O) groups excluding carboxylic acids is 1. The van der Waals surface area contributed by atoms with E-state index in [9.17, 15) is 9.18 Å². The zero-order chi connectivity index (χ0) is 24.8. The quantitative estimate of drug-likeness (QED) is 0.523. The summed E-state index contributed by atoms with van der Waals surface area (Å²) in [5.41, 5.74) is 3.47. The van der Waals surface area contributed by atoms with Gasteiger partial charge in [-0.25, -0.2) is 14.2 Å². The summed E-state index contributed by atoms with van der Waals surface area (Å²) in [7, 11) is 0. The number of amides is 1. The van der Waals surface area contributed by atoms with Gasteiger partial charge in [-0.3, -0.25) is 9.69 Å². The van der Waals surface area contributed by atoms with Gasteiger partial charge in [-0.05, 0) is 59.0 Å². The number of hydrogen-bond donors (Lipinski definition) is 0. The highest BCUT2D eigenvalue weighted by Gasteiger charge is 2.39. The lowest BCUT2D eigenvalue weighted by Gasteiger charge is -2.46. The summed E-state index contributed by atoms with van der Waals surface area (Å²) in [6.07, 6.45) is 2.78. The Hall–Kier alpha value is -3.75. The fourth-order valence-electron chi connectivity index (χ4n) is 5.67. The van der Waals surface area contributed by atoms with Crippen molar-refractivity contribution in [2.75, 3.05) is 32.8 Å². The van der Waals surface area contributed by atoms with Crippen LogP contribution in [0, 0.1) is 19.3 Å². The molecule has 1 aliphatic carbocycles. The molecule has 3 aliphatic rings. The molecule has 4 heterocycles. The number of tetrazole rings is 1. The summed E-state index contributed by atoms with van der Waals surface area (Å²) in [6, 6.07) is 7.01. The average molecular weight is 489 g/mol. The molecule has 1 aromatic carbocycles. The van der Waals surface area contributed by atoms with Gasteiger partial charge in [0.1, 0.15) is 12.1 Å². The van der Waals surface area contributed by atoms with Gasteiger partial charge < -0.3 is 9.64 Å². The van der Waals surface area contributed by atoms with Gasteiger partial charge in [0.15, 0.2) is 5.82 Å². The van der Waals surface area contributed by atoms with Crippen molar-refractivity contribution >= 4 is 11.6 Å². The first-order valence-corrected chi connectivity index (χ1v) is 12.1. The van der Waals surface area contributed by atoms with Gasteiger partial charge >= 0.3 is 0 Å². The van der Waals surface area contributed by atoms with Crippen LogP contribution in [0.5, 0.6) is 0 Å². The number of aromatic nitrogens is 5. The normalized spacial score (nSPS) is 23.7. The number of piperazine rings is 1. The standard InChI is InChI=1S/C25H25FN8O2/c1-15-17(3-6-20(26)24(15)27-2)22-12-32-9-10-33(11-16(32)13-36-22)25(35)19-4-7-21-18(19)5-8-23(29-21)34-14-28-30-31-34/h3,5-6,8,14,16,19,22H,4,7,9-13H2,1H3/t16-,19?,22+/m0/s1. The van der Waals surface area contributed by atoms with E-state index >= 15 is 0 Å². The molecule has 1 unspecified atom stereocenters. The molecule has 3 aromatic rings. The summed E-state index contributed by atoms with van der Waals surface area (Å²) in [5, 5.41) is 11.2. The first-order valence-electron chi connectivity index (χ1n) is 12.1. The Balaban J connectivity index is 1.12. The number of pyridine rings is 1. The van der Waals surface area contributed by atoms with Crippen molar-refractivity contribution in [2.24, 2.45) is 0 Å². The lowest BCUT2D eigenvalue weighted by atomic mass is 9.97. The van der Waals surface area contributed by atoms with Crippen LogP contribution >= 0.6 is 0 Å². The van der Waals surface area contributed by atoms with Crippen molar-refractivity contribution in [1.82, 2.24) is 35.0 Å². The maximum Gasteiger partial charge on any atom is 0.230 e. The highest BCUT2D eigenvalue weighted by atomic mass is 19.1. The van der Waals surface area contributed by atoms with Gasteiger partial charge in [-0.2, -0.15) is 4.68 Å². The van der Waals surface area contributed by atoms with E-state index in [1.807, 2.05) is 17.0 Å². The van der Waals surface area contributed by atoms with Gasteiger partial charge in [0.2, 0.25) is 11.6 Å². The smallest absolute Gasteiger partial charge is 0.230 e. The zero-order valence-corrected chi connectivity index (χ0v) is 19.8. The number of ether oxygens (including phenoxy) is 1. The lowest BCUT2D eigenvalue weighted by Crippen LogP contribution is -2.60. The van der Waals surface area contributed by atoms with Crippen molar-refractivity contribution in [3.63, 3.8) is 0 Å². The number of carbonyl (C=O) groups is 1. The second-order valence-electron chi connectivity index (χ2n) is 9.53. The number of morpholine rings is 1. The van der Waals surface area contributed by atoms with Crippen LogP contribution in [-0.4, -0.2) is 79.7 Å². The van der Waals surface area contributed by atoms with E-state index in [1.54, 1.807) is 13.0 Å².